The van der Waals surface area contributed by atoms with E-state index in [1.54, 1.807) is 0 Å². The molecule has 8 nitrogen and oxygen atoms in total. The van der Waals surface area contributed by atoms with Crippen LogP contribution in [0.2, 0.25) is 0 Å². The average Bonchev–Trinajstić information content (AvgIpc) is 3.89. The van der Waals surface area contributed by atoms with Gasteiger partial charge in [0.15, 0.2) is 0 Å². The summed E-state index contributed by atoms with van der Waals surface area (Å²) in [5.74, 6) is -3.16. The summed E-state index contributed by atoms with van der Waals surface area (Å²) >= 11 is 0. The first-order valence-electron chi connectivity index (χ1n) is 19.0. The number of fused-ring (bicyclic) bond motifs is 5. The van der Waals surface area contributed by atoms with Gasteiger partial charge in [0.05, 0.1) is 42.0 Å². The number of esters is 1. The van der Waals surface area contributed by atoms with Crippen molar-refractivity contribution in [3.8, 4) is 0 Å². The lowest BCUT2D eigenvalue weighted by molar-refractivity contribution is -0.166. The second kappa shape index (κ2) is 14.5. The zero-order valence-corrected chi connectivity index (χ0v) is 31.6. The Hall–Kier alpha value is -2.16. The van der Waals surface area contributed by atoms with Gasteiger partial charge in [-0.1, -0.05) is 57.8 Å². The predicted molar refractivity (Wildman–Crippen MR) is 188 cm³/mol. The van der Waals surface area contributed by atoms with Crippen molar-refractivity contribution in [1.82, 2.24) is 0 Å². The maximum Gasteiger partial charge on any atom is 0.313 e. The molecule has 5 rings (SSSR count). The zero-order valence-electron chi connectivity index (χ0n) is 31.6. The van der Waals surface area contributed by atoms with Crippen LogP contribution in [0, 0.1) is 40.9 Å². The summed E-state index contributed by atoms with van der Waals surface area (Å²) in [6.07, 6.45) is 7.63. The van der Waals surface area contributed by atoms with Gasteiger partial charge in [0.1, 0.15) is 17.3 Å². The van der Waals surface area contributed by atoms with Gasteiger partial charge in [-0.15, -0.1) is 0 Å². The van der Waals surface area contributed by atoms with E-state index in [0.717, 1.165) is 56.1 Å². The van der Waals surface area contributed by atoms with Gasteiger partial charge in [0.2, 0.25) is 0 Å². The van der Waals surface area contributed by atoms with E-state index in [9.17, 15) is 24.3 Å². The topological polar surface area (TPSA) is 123 Å². The maximum atomic E-state index is 14.7. The number of Topliss-reactive ketones (excluding diaryl/α,β-unsaturated/α-hetero) is 3. The minimum Gasteiger partial charge on any atom is -0.469 e. The van der Waals surface area contributed by atoms with Crippen molar-refractivity contribution in [3.63, 3.8) is 0 Å². The molecule has 0 amide bonds. The van der Waals surface area contributed by atoms with Crippen molar-refractivity contribution in [3.05, 3.63) is 22.8 Å². The Morgan fingerprint density at radius 3 is 2.27 bits per heavy atom. The van der Waals surface area contributed by atoms with Gasteiger partial charge in [-0.2, -0.15) is 0 Å². The molecule has 0 aromatic rings. The normalized spacial score (nSPS) is 43.9. The Morgan fingerprint density at radius 2 is 1.59 bits per heavy atom. The third-order valence-electron chi connectivity index (χ3n) is 13.2. The lowest BCUT2D eigenvalue weighted by Gasteiger charge is -2.49. The van der Waals surface area contributed by atoms with Gasteiger partial charge in [0, 0.05) is 49.4 Å². The van der Waals surface area contributed by atoms with Crippen LogP contribution in [-0.4, -0.2) is 65.0 Å². The molecule has 0 spiro atoms. The van der Waals surface area contributed by atoms with Crippen LogP contribution in [0.15, 0.2) is 22.8 Å². The van der Waals surface area contributed by atoms with Crippen molar-refractivity contribution >= 4 is 23.3 Å². The molecule has 2 saturated heterocycles. The number of methoxy groups -OCH3 is 1. The van der Waals surface area contributed by atoms with Crippen LogP contribution in [0.25, 0.3) is 0 Å². The summed E-state index contributed by atoms with van der Waals surface area (Å²) in [6, 6.07) is 0. The maximum absolute atomic E-state index is 14.7. The standard InChI is InChI=1S/C41H62O8/c1-23(2)28-20-31(42)26(5)12-10-11-24(3)18-32(43)29-19-27(6)37-30(41(29,22-33(28)44)38(46)47-9)17-25(4)13-14-35-39(7,48-35)16-15-36-40(8,49-36)21-34(37)45/h17,23-24,26,28-30,34-36,45H,10-16,18-22H2,1-9H3/b25-17+/t24-,26+,28-,29+,30-,34+,35-,36-,39-,40-,41+/m0/s1. The van der Waals surface area contributed by atoms with Gasteiger partial charge in [-0.3, -0.25) is 19.2 Å². The quantitative estimate of drug-likeness (QED) is 0.183. The number of carbonyl (C=O) groups is 4. The number of aliphatic hydroxyl groups excluding tert-OH is 1. The number of hydrogen-bond donors (Lipinski definition) is 1. The fraction of sp³-hybridized carbons (Fsp3) is 0.805. The van der Waals surface area contributed by atoms with E-state index >= 15 is 0 Å². The summed E-state index contributed by atoms with van der Waals surface area (Å²) in [7, 11) is 1.33. The molecule has 274 valence electrons. The van der Waals surface area contributed by atoms with E-state index in [2.05, 4.69) is 19.9 Å². The van der Waals surface area contributed by atoms with Crippen LogP contribution in [-0.2, 0) is 33.4 Å². The molecule has 8 heteroatoms. The van der Waals surface area contributed by atoms with Gasteiger partial charge in [0.25, 0.3) is 0 Å². The molecule has 1 saturated carbocycles. The number of carbonyl (C=O) groups excluding carboxylic acids is 4. The largest absolute Gasteiger partial charge is 0.469 e. The molecule has 1 N–H and O–H groups in total. The van der Waals surface area contributed by atoms with E-state index in [1.807, 2.05) is 41.5 Å². The lowest BCUT2D eigenvalue weighted by atomic mass is 9.53. The van der Waals surface area contributed by atoms with E-state index in [-0.39, 0.29) is 78.6 Å². The number of epoxide rings is 2. The third kappa shape index (κ3) is 7.72. The van der Waals surface area contributed by atoms with Gasteiger partial charge >= 0.3 is 5.97 Å². The molecule has 5 aliphatic rings. The Labute approximate surface area is 294 Å². The number of aliphatic hydroxyl groups is 1. The first kappa shape index (κ1) is 38.1. The summed E-state index contributed by atoms with van der Waals surface area (Å²) in [6.45, 7) is 16.1. The first-order chi connectivity index (χ1) is 23.0. The number of allylic oxidation sites excluding steroid dienone is 3. The van der Waals surface area contributed by atoms with Crippen molar-refractivity contribution < 1.29 is 38.5 Å². The van der Waals surface area contributed by atoms with E-state index in [1.165, 1.54) is 7.11 Å². The monoisotopic (exact) mass is 682 g/mol. The van der Waals surface area contributed by atoms with Gasteiger partial charge in [-0.05, 0) is 83.6 Å². The molecular formula is C41H62O8. The highest BCUT2D eigenvalue weighted by Gasteiger charge is 2.62. The second-order valence-electron chi connectivity index (χ2n) is 17.4. The minimum atomic E-state index is -1.57. The summed E-state index contributed by atoms with van der Waals surface area (Å²) in [4.78, 5) is 57.5. The number of hydrogen-bond acceptors (Lipinski definition) is 8. The lowest BCUT2D eigenvalue weighted by Crippen LogP contribution is -2.54. The molecule has 2 aliphatic heterocycles. The van der Waals surface area contributed by atoms with Crippen molar-refractivity contribution in [1.29, 1.82) is 0 Å². The Morgan fingerprint density at radius 1 is 0.918 bits per heavy atom. The Bertz CT molecular complexity index is 1380. The number of ether oxygens (including phenoxy) is 3. The third-order valence-corrected chi connectivity index (χ3v) is 13.2. The number of ketones is 3. The van der Waals surface area contributed by atoms with Crippen molar-refractivity contribution in [2.24, 2.45) is 40.9 Å². The SMILES string of the molecule is COC(=O)[C@]12CC(=O)[C@H](C(C)C)CC(=O)[C@H](C)CCC[C@H](C)CC(=O)[C@H]1CC(C)=C1[C@H](O)C[C@]3(C)O[C@H]3CC[C@]3(C)O[C@H]3CC/C(C)=C/[C@@H]12. The molecule has 0 aromatic heterocycles. The molecule has 49 heavy (non-hydrogen) atoms. The smallest absolute Gasteiger partial charge is 0.313 e. The van der Waals surface area contributed by atoms with E-state index in [4.69, 9.17) is 14.2 Å². The second-order valence-corrected chi connectivity index (χ2v) is 17.4. The summed E-state index contributed by atoms with van der Waals surface area (Å²) in [5.41, 5.74) is 0.309. The molecule has 11 atom stereocenters. The fourth-order valence-corrected chi connectivity index (χ4v) is 9.69. The number of rotatable bonds is 2. The average molecular weight is 683 g/mol. The molecule has 3 aliphatic carbocycles. The van der Waals surface area contributed by atoms with Crippen molar-refractivity contribution in [2.45, 2.75) is 162 Å². The van der Waals surface area contributed by atoms with Crippen molar-refractivity contribution in [2.75, 3.05) is 7.11 Å². The van der Waals surface area contributed by atoms with Crippen LogP contribution in [0.4, 0.5) is 0 Å². The van der Waals surface area contributed by atoms with E-state index < -0.39 is 40.8 Å². The molecular weight excluding hydrogens is 620 g/mol. The highest BCUT2D eigenvalue weighted by atomic mass is 16.6. The van der Waals surface area contributed by atoms with Crippen LogP contribution in [0.3, 0.4) is 0 Å². The molecule has 0 bridgehead atoms. The van der Waals surface area contributed by atoms with Crippen LogP contribution >= 0.6 is 0 Å². The van der Waals surface area contributed by atoms with Crippen LogP contribution in [0.5, 0.6) is 0 Å². The Kier molecular flexibility index (Phi) is 11.2. The molecule has 0 unspecified atom stereocenters. The predicted octanol–water partition coefficient (Wildman–Crippen LogP) is 7.29. The van der Waals surface area contributed by atoms with Crippen LogP contribution in [0.1, 0.15) is 132 Å². The Balaban J connectivity index is 1.69. The van der Waals surface area contributed by atoms with Gasteiger partial charge in [-0.25, -0.2) is 0 Å². The van der Waals surface area contributed by atoms with Gasteiger partial charge < -0.3 is 19.3 Å². The highest BCUT2D eigenvalue weighted by molar-refractivity contribution is 5.97. The molecule has 0 aromatic carbocycles. The summed E-state index contributed by atoms with van der Waals surface area (Å²) < 4.78 is 18.1. The molecule has 3 fully saturated rings. The minimum absolute atomic E-state index is 0.0000322. The molecule has 2 heterocycles. The highest BCUT2D eigenvalue weighted by Crippen LogP contribution is 2.57. The zero-order chi connectivity index (χ0) is 36.1. The summed E-state index contributed by atoms with van der Waals surface area (Å²) in [5, 5.41) is 12.2. The molecule has 0 radical (unpaired) electrons. The first-order valence-corrected chi connectivity index (χ1v) is 19.0. The van der Waals surface area contributed by atoms with Crippen LogP contribution < -0.4 is 0 Å². The van der Waals surface area contributed by atoms with E-state index in [0.29, 0.717) is 12.0 Å². The fourth-order valence-electron chi connectivity index (χ4n) is 9.69.